The van der Waals surface area contributed by atoms with Gasteiger partial charge in [0.15, 0.2) is 0 Å². The normalized spacial score (nSPS) is 20.0. The highest BCUT2D eigenvalue weighted by atomic mass is 16.2. The summed E-state index contributed by atoms with van der Waals surface area (Å²) in [4.78, 5) is 24.2. The van der Waals surface area contributed by atoms with Gasteiger partial charge in [-0.1, -0.05) is 0 Å². The van der Waals surface area contributed by atoms with Crippen molar-refractivity contribution in [1.82, 2.24) is 15.5 Å². The fourth-order valence-corrected chi connectivity index (χ4v) is 1.67. The highest BCUT2D eigenvalue weighted by molar-refractivity contribution is 5.84. The molecule has 1 fully saturated rings. The van der Waals surface area contributed by atoms with E-state index in [0.29, 0.717) is 12.3 Å². The topological polar surface area (TPSA) is 61.4 Å². The molecule has 86 valence electrons. The summed E-state index contributed by atoms with van der Waals surface area (Å²) in [7, 11) is 3.24. The van der Waals surface area contributed by atoms with Crippen molar-refractivity contribution in [3.05, 3.63) is 0 Å². The molecule has 5 nitrogen and oxygen atoms in total. The van der Waals surface area contributed by atoms with Crippen LogP contribution in [-0.4, -0.2) is 50.4 Å². The largest absolute Gasteiger partial charge is 0.358 e. The highest BCUT2D eigenvalue weighted by Crippen LogP contribution is 2.13. The third kappa shape index (κ3) is 3.87. The number of carbonyl (C=O) groups excluding carboxylic acids is 2. The van der Waals surface area contributed by atoms with Crippen LogP contribution in [0.5, 0.6) is 0 Å². The van der Waals surface area contributed by atoms with E-state index in [9.17, 15) is 9.59 Å². The molecule has 0 aromatic heterocycles. The quantitative estimate of drug-likeness (QED) is 0.642. The van der Waals surface area contributed by atoms with E-state index in [4.69, 9.17) is 0 Å². The predicted octanol–water partition coefficient (Wildman–Crippen LogP) is -0.810. The molecule has 0 aliphatic carbocycles. The second-order valence-electron chi connectivity index (χ2n) is 3.99. The molecule has 0 bridgehead atoms. The van der Waals surface area contributed by atoms with Crippen molar-refractivity contribution in [2.45, 2.75) is 12.8 Å². The summed E-state index contributed by atoms with van der Waals surface area (Å²) >= 11 is 0. The van der Waals surface area contributed by atoms with Crippen molar-refractivity contribution in [1.29, 1.82) is 0 Å². The second kappa shape index (κ2) is 5.70. The van der Waals surface area contributed by atoms with Crippen LogP contribution < -0.4 is 10.6 Å². The van der Waals surface area contributed by atoms with Gasteiger partial charge in [0.2, 0.25) is 11.8 Å². The zero-order valence-corrected chi connectivity index (χ0v) is 9.38. The Morgan fingerprint density at radius 3 is 2.80 bits per heavy atom. The van der Waals surface area contributed by atoms with Gasteiger partial charge >= 0.3 is 0 Å². The van der Waals surface area contributed by atoms with Gasteiger partial charge in [-0.15, -0.1) is 0 Å². The zero-order valence-electron chi connectivity index (χ0n) is 9.38. The molecule has 2 N–H and O–H groups in total. The van der Waals surface area contributed by atoms with Gasteiger partial charge in [0.1, 0.15) is 0 Å². The molecule has 0 aromatic carbocycles. The lowest BCUT2D eigenvalue weighted by molar-refractivity contribution is -0.135. The van der Waals surface area contributed by atoms with Gasteiger partial charge in [0.05, 0.1) is 6.54 Å². The molecular weight excluding hydrogens is 194 g/mol. The number of hydrogen-bond donors (Lipinski definition) is 2. The fraction of sp³-hybridized carbons (Fsp3) is 0.800. The maximum atomic E-state index is 11.7. The Labute approximate surface area is 90.2 Å². The molecule has 5 heteroatoms. The van der Waals surface area contributed by atoms with Gasteiger partial charge in [0.25, 0.3) is 0 Å². The monoisotopic (exact) mass is 213 g/mol. The maximum absolute atomic E-state index is 11.7. The molecule has 1 unspecified atom stereocenters. The van der Waals surface area contributed by atoms with Gasteiger partial charge in [-0.2, -0.15) is 0 Å². The van der Waals surface area contributed by atoms with Crippen LogP contribution in [0.25, 0.3) is 0 Å². The fourth-order valence-electron chi connectivity index (χ4n) is 1.67. The van der Waals surface area contributed by atoms with Crippen LogP contribution >= 0.6 is 0 Å². The maximum Gasteiger partial charge on any atom is 0.239 e. The summed E-state index contributed by atoms with van der Waals surface area (Å²) in [5.41, 5.74) is 0. The van der Waals surface area contributed by atoms with E-state index in [0.717, 1.165) is 19.5 Å². The van der Waals surface area contributed by atoms with Crippen LogP contribution in [0.15, 0.2) is 0 Å². The molecule has 0 spiro atoms. The molecule has 0 saturated carbocycles. The van der Waals surface area contributed by atoms with Crippen LogP contribution in [0.2, 0.25) is 0 Å². The third-order valence-electron chi connectivity index (χ3n) is 2.71. The number of likely N-dealkylation sites (N-methyl/N-ethyl adjacent to an activating group) is 2. The molecule has 1 atom stereocenters. The van der Waals surface area contributed by atoms with E-state index in [2.05, 4.69) is 10.6 Å². The summed E-state index contributed by atoms with van der Waals surface area (Å²) in [6, 6.07) is 0. The SMILES string of the molecule is CNC(=O)CN(C)C(=O)CC1CCNC1. The first-order chi connectivity index (χ1) is 7.13. The Bertz CT molecular complexity index is 237. The van der Waals surface area contributed by atoms with Crippen LogP contribution in [-0.2, 0) is 9.59 Å². The lowest BCUT2D eigenvalue weighted by atomic mass is 10.0. The molecule has 1 aliphatic heterocycles. The Morgan fingerprint density at radius 2 is 2.27 bits per heavy atom. The molecule has 1 rings (SSSR count). The molecular formula is C10H19N3O2. The van der Waals surface area contributed by atoms with Gasteiger partial charge in [-0.3, -0.25) is 9.59 Å². The minimum absolute atomic E-state index is 0.0484. The number of nitrogens with one attached hydrogen (secondary N) is 2. The summed E-state index contributed by atoms with van der Waals surface area (Å²) in [5.74, 6) is 0.354. The van der Waals surface area contributed by atoms with Crippen molar-refractivity contribution < 1.29 is 9.59 Å². The van der Waals surface area contributed by atoms with E-state index in [1.807, 2.05) is 0 Å². The number of amides is 2. The first kappa shape index (κ1) is 12.0. The van der Waals surface area contributed by atoms with Gasteiger partial charge < -0.3 is 15.5 Å². The average molecular weight is 213 g/mol. The smallest absolute Gasteiger partial charge is 0.239 e. The number of carbonyl (C=O) groups is 2. The average Bonchev–Trinajstić information content (AvgIpc) is 2.70. The van der Waals surface area contributed by atoms with Crippen LogP contribution in [0.4, 0.5) is 0 Å². The van der Waals surface area contributed by atoms with E-state index in [-0.39, 0.29) is 18.4 Å². The van der Waals surface area contributed by atoms with Crippen molar-refractivity contribution in [3.63, 3.8) is 0 Å². The summed E-state index contributed by atoms with van der Waals surface area (Å²) in [5, 5.41) is 5.72. The summed E-state index contributed by atoms with van der Waals surface area (Å²) < 4.78 is 0. The molecule has 0 radical (unpaired) electrons. The second-order valence-corrected chi connectivity index (χ2v) is 3.99. The Balaban J connectivity index is 2.28. The van der Waals surface area contributed by atoms with Crippen molar-refractivity contribution in [2.24, 2.45) is 5.92 Å². The Morgan fingerprint density at radius 1 is 1.53 bits per heavy atom. The van der Waals surface area contributed by atoms with Crippen LogP contribution in [0, 0.1) is 5.92 Å². The van der Waals surface area contributed by atoms with Crippen molar-refractivity contribution in [3.8, 4) is 0 Å². The van der Waals surface area contributed by atoms with Crippen LogP contribution in [0.1, 0.15) is 12.8 Å². The minimum atomic E-state index is -0.129. The van der Waals surface area contributed by atoms with Crippen molar-refractivity contribution >= 4 is 11.8 Å². The van der Waals surface area contributed by atoms with Gasteiger partial charge in [0, 0.05) is 20.5 Å². The molecule has 1 heterocycles. The first-order valence-corrected chi connectivity index (χ1v) is 5.28. The zero-order chi connectivity index (χ0) is 11.3. The van der Waals surface area contributed by atoms with Crippen molar-refractivity contribution in [2.75, 3.05) is 33.7 Å². The number of hydrogen-bond acceptors (Lipinski definition) is 3. The minimum Gasteiger partial charge on any atom is -0.358 e. The first-order valence-electron chi connectivity index (χ1n) is 5.28. The summed E-state index contributed by atoms with van der Waals surface area (Å²) in [6.07, 6.45) is 1.60. The lowest BCUT2D eigenvalue weighted by Gasteiger charge is -2.17. The molecule has 0 aromatic rings. The Hall–Kier alpha value is -1.10. The van der Waals surface area contributed by atoms with E-state index >= 15 is 0 Å². The van der Waals surface area contributed by atoms with Crippen LogP contribution in [0.3, 0.4) is 0 Å². The van der Waals surface area contributed by atoms with E-state index < -0.39 is 0 Å². The predicted molar refractivity (Wildman–Crippen MR) is 57.3 cm³/mol. The number of nitrogens with zero attached hydrogens (tertiary/aromatic N) is 1. The lowest BCUT2D eigenvalue weighted by Crippen LogP contribution is -2.37. The van der Waals surface area contributed by atoms with E-state index in [1.54, 1.807) is 14.1 Å². The van der Waals surface area contributed by atoms with E-state index in [1.165, 1.54) is 4.90 Å². The molecule has 15 heavy (non-hydrogen) atoms. The molecule has 1 saturated heterocycles. The Kier molecular flexibility index (Phi) is 4.55. The summed E-state index contributed by atoms with van der Waals surface area (Å²) in [6.45, 7) is 2.06. The van der Waals surface area contributed by atoms with Gasteiger partial charge in [-0.25, -0.2) is 0 Å². The highest BCUT2D eigenvalue weighted by Gasteiger charge is 2.20. The molecule has 2 amide bonds. The van der Waals surface area contributed by atoms with Gasteiger partial charge in [-0.05, 0) is 25.4 Å². The third-order valence-corrected chi connectivity index (χ3v) is 2.71. The number of rotatable bonds is 4. The standard InChI is InChI=1S/C10H19N3O2/c1-11-9(14)7-13(2)10(15)5-8-3-4-12-6-8/h8,12H,3-7H2,1-2H3,(H,11,14). The molecule has 1 aliphatic rings.